The van der Waals surface area contributed by atoms with Gasteiger partial charge in [0.15, 0.2) is 0 Å². The zero-order valence-corrected chi connectivity index (χ0v) is 37.1. The van der Waals surface area contributed by atoms with Gasteiger partial charge in [0.05, 0.1) is 42.3 Å². The van der Waals surface area contributed by atoms with Crippen LogP contribution in [0.25, 0.3) is 0 Å². The van der Waals surface area contributed by atoms with Crippen LogP contribution in [0.4, 0.5) is 4.79 Å². The van der Waals surface area contributed by atoms with Crippen LogP contribution in [0.5, 0.6) is 0 Å². The number of imide groups is 1. The Bertz CT molecular complexity index is 1910. The molecule has 2 aliphatic rings. The monoisotopic (exact) mass is 953 g/mol. The van der Waals surface area contributed by atoms with E-state index in [0.717, 1.165) is 16.7 Å². The van der Waals surface area contributed by atoms with Crippen LogP contribution in [0.1, 0.15) is 69.2 Å². The number of carbonyl (C=O) groups excluding carboxylic acids is 4. The molecule has 2 bridgehead atoms. The molecule has 0 spiro atoms. The summed E-state index contributed by atoms with van der Waals surface area (Å²) in [5, 5.41) is 62.5. The minimum absolute atomic E-state index is 0.00690. The topological polar surface area (TPSA) is 380 Å². The standard InChI is InChI=1S/C40H59N9O16S/c41-27(36(59)42-12-3-1-9-28(38(61)62)44-40(65)45-29(39(63)64)10-11-32(51)52)23-66-30-16-31(50)49(37(30)60)13-4-2-8-26-19-47(21-34(55)56)15-14-46(20-33(53)54)17-24-6-5-7-25(43-24)18-48(26)22-35(57)58/h5-7,26-30H,1-4,8-23,41H2,(H,42,59)(H,51,52)(H,53,54)(H,55,56)(H,57,58)(H,61,62)(H,63,64)(H2,44,45,65)/t26?,27-,28-,29-,30?/m0/s1. The van der Waals surface area contributed by atoms with E-state index in [1.165, 1.54) is 0 Å². The summed E-state index contributed by atoms with van der Waals surface area (Å²) in [6.07, 6.45) is 0.474. The summed E-state index contributed by atoms with van der Waals surface area (Å²) < 4.78 is 0. The molecular weight excluding hydrogens is 895 g/mol. The second-order valence-corrected chi connectivity index (χ2v) is 17.2. The molecule has 11 N–H and O–H groups in total. The van der Waals surface area contributed by atoms with Gasteiger partial charge >= 0.3 is 41.8 Å². The number of urea groups is 1. The highest BCUT2D eigenvalue weighted by molar-refractivity contribution is 8.00. The van der Waals surface area contributed by atoms with E-state index in [-0.39, 0.29) is 96.9 Å². The summed E-state index contributed by atoms with van der Waals surface area (Å²) in [6.45, 7) is -0.0899. The van der Waals surface area contributed by atoms with Crippen molar-refractivity contribution in [1.29, 1.82) is 0 Å². The van der Waals surface area contributed by atoms with Crippen LogP contribution in [0, 0.1) is 0 Å². The molecule has 5 amide bonds. The second kappa shape index (κ2) is 27.5. The zero-order valence-electron chi connectivity index (χ0n) is 36.2. The number of thioether (sulfide) groups is 1. The normalized spacial score (nSPS) is 18.8. The van der Waals surface area contributed by atoms with E-state index < -0.39 is 102 Å². The van der Waals surface area contributed by atoms with E-state index in [9.17, 15) is 73.5 Å². The first-order valence-corrected chi connectivity index (χ1v) is 22.3. The van der Waals surface area contributed by atoms with Crippen LogP contribution in [-0.2, 0) is 56.2 Å². The molecule has 5 atom stereocenters. The summed E-state index contributed by atoms with van der Waals surface area (Å²) >= 11 is 1.05. The van der Waals surface area contributed by atoms with Crippen molar-refractivity contribution >= 4 is 71.3 Å². The Kier molecular flexibility index (Phi) is 22.7. The van der Waals surface area contributed by atoms with Crippen LogP contribution in [0.2, 0.25) is 0 Å². The molecule has 366 valence electrons. The Morgan fingerprint density at radius 3 is 1.98 bits per heavy atom. The van der Waals surface area contributed by atoms with E-state index in [1.807, 2.05) is 5.32 Å². The van der Waals surface area contributed by atoms with Gasteiger partial charge < -0.3 is 52.3 Å². The fraction of sp³-hybridized carbons (Fsp3) is 0.625. The molecule has 1 aromatic heterocycles. The van der Waals surface area contributed by atoms with Crippen LogP contribution in [-0.4, -0.2) is 202 Å². The van der Waals surface area contributed by atoms with Crippen molar-refractivity contribution in [3.05, 3.63) is 29.6 Å². The number of hydrogen-bond donors (Lipinski definition) is 10. The van der Waals surface area contributed by atoms with Crippen molar-refractivity contribution < 1.29 is 78.6 Å². The fourth-order valence-corrected chi connectivity index (χ4v) is 8.47. The Hall–Kier alpha value is -5.96. The third-order valence-corrected chi connectivity index (χ3v) is 12.0. The maximum absolute atomic E-state index is 13.3. The number of nitrogens with one attached hydrogen (secondary N) is 3. The van der Waals surface area contributed by atoms with Crippen molar-refractivity contribution in [2.75, 3.05) is 58.1 Å². The third kappa shape index (κ3) is 19.6. The van der Waals surface area contributed by atoms with Gasteiger partial charge in [0.25, 0.3) is 0 Å². The molecular formula is C40H59N9O16S. The molecule has 26 heteroatoms. The number of unbranched alkanes of at least 4 members (excludes halogenated alkanes) is 2. The van der Waals surface area contributed by atoms with Crippen LogP contribution in [0.3, 0.4) is 0 Å². The first-order chi connectivity index (χ1) is 31.2. The first kappa shape index (κ1) is 54.4. The molecule has 3 rings (SSSR count). The highest BCUT2D eigenvalue weighted by Crippen LogP contribution is 2.26. The van der Waals surface area contributed by atoms with Crippen molar-refractivity contribution in [2.45, 2.75) is 100 Å². The van der Waals surface area contributed by atoms with Gasteiger partial charge in [0, 0.05) is 70.4 Å². The number of nitrogens with zero attached hydrogens (tertiary/aromatic N) is 5. The minimum Gasteiger partial charge on any atom is -0.481 e. The number of carboxylic acid groups (broad SMARTS) is 6. The quantitative estimate of drug-likeness (QED) is 0.0348. The van der Waals surface area contributed by atoms with E-state index >= 15 is 0 Å². The summed E-state index contributed by atoms with van der Waals surface area (Å²) in [7, 11) is 0. The van der Waals surface area contributed by atoms with E-state index in [1.54, 1.807) is 32.9 Å². The number of likely N-dealkylation sites (tertiary alicyclic amines) is 1. The molecule has 1 fully saturated rings. The lowest BCUT2D eigenvalue weighted by molar-refractivity contribution is -0.141. The molecule has 1 aromatic rings. The van der Waals surface area contributed by atoms with E-state index in [0.29, 0.717) is 30.7 Å². The van der Waals surface area contributed by atoms with Crippen LogP contribution < -0.4 is 21.7 Å². The molecule has 1 saturated heterocycles. The van der Waals surface area contributed by atoms with Crippen molar-refractivity contribution in [3.63, 3.8) is 0 Å². The Labute approximate surface area is 383 Å². The van der Waals surface area contributed by atoms with E-state index in [4.69, 9.17) is 10.8 Å². The van der Waals surface area contributed by atoms with Gasteiger partial charge in [-0.05, 0) is 50.7 Å². The van der Waals surface area contributed by atoms with Gasteiger partial charge in [0.2, 0.25) is 17.7 Å². The molecule has 66 heavy (non-hydrogen) atoms. The van der Waals surface area contributed by atoms with Gasteiger partial charge in [-0.1, -0.05) is 12.5 Å². The first-order valence-electron chi connectivity index (χ1n) is 21.2. The number of fused-ring (bicyclic) bond motifs is 2. The third-order valence-electron chi connectivity index (χ3n) is 10.6. The van der Waals surface area contributed by atoms with Crippen LogP contribution in [0.15, 0.2) is 18.2 Å². The maximum atomic E-state index is 13.3. The van der Waals surface area contributed by atoms with E-state index in [2.05, 4.69) is 15.6 Å². The van der Waals surface area contributed by atoms with Gasteiger partial charge in [0.1, 0.15) is 12.1 Å². The second-order valence-electron chi connectivity index (χ2n) is 15.9. The molecule has 0 radical (unpaired) electrons. The number of hydrogen-bond acceptors (Lipinski definition) is 16. The zero-order chi connectivity index (χ0) is 48.9. The van der Waals surface area contributed by atoms with Gasteiger partial charge in [-0.15, -0.1) is 11.8 Å². The smallest absolute Gasteiger partial charge is 0.326 e. The SMILES string of the molecule is N[C@@H](CSC1CC(=O)N(CCCCC2CN(CC(=O)O)CCN(CC(=O)O)Cc3cccc(n3)CN2CC(=O)O)C1=O)C(=O)NCCCC[C@H](NC(=O)N[C@@H](CCC(=O)O)C(=O)O)C(=O)O. The number of carboxylic acids is 6. The predicted octanol–water partition coefficient (Wildman–Crippen LogP) is -1.66. The van der Waals surface area contributed by atoms with Gasteiger partial charge in [-0.25, -0.2) is 14.4 Å². The van der Waals surface area contributed by atoms with Gasteiger partial charge in [-0.3, -0.25) is 58.1 Å². The summed E-state index contributed by atoms with van der Waals surface area (Å²) in [5.74, 6) is -8.87. The lowest BCUT2D eigenvalue weighted by Crippen LogP contribution is -2.51. The molecule has 2 aliphatic heterocycles. The van der Waals surface area contributed by atoms with Crippen molar-refractivity contribution in [3.8, 4) is 0 Å². The molecule has 0 aromatic carbocycles. The number of amides is 5. The number of aromatic nitrogens is 1. The van der Waals surface area contributed by atoms with Crippen LogP contribution >= 0.6 is 11.8 Å². The Morgan fingerprint density at radius 1 is 0.758 bits per heavy atom. The maximum Gasteiger partial charge on any atom is 0.326 e. The fourth-order valence-electron chi connectivity index (χ4n) is 7.35. The van der Waals surface area contributed by atoms with Gasteiger partial charge in [-0.2, -0.15) is 0 Å². The lowest BCUT2D eigenvalue weighted by atomic mass is 10.1. The number of aliphatic carboxylic acids is 6. The lowest BCUT2D eigenvalue weighted by Gasteiger charge is -2.36. The molecule has 0 saturated carbocycles. The highest BCUT2D eigenvalue weighted by Gasteiger charge is 2.39. The molecule has 0 aliphatic carbocycles. The summed E-state index contributed by atoms with van der Waals surface area (Å²) in [4.78, 5) is 131. The van der Waals surface area contributed by atoms with Crippen molar-refractivity contribution in [1.82, 2.24) is 40.5 Å². The Balaban J connectivity index is 1.49. The predicted molar refractivity (Wildman–Crippen MR) is 231 cm³/mol. The number of pyridine rings is 1. The largest absolute Gasteiger partial charge is 0.481 e. The Morgan fingerprint density at radius 2 is 1.36 bits per heavy atom. The van der Waals surface area contributed by atoms with Crippen molar-refractivity contribution in [2.24, 2.45) is 5.73 Å². The summed E-state index contributed by atoms with van der Waals surface area (Å²) in [6, 6.07) is -0.427. The number of rotatable bonds is 27. The number of carbonyl (C=O) groups is 10. The minimum atomic E-state index is -1.55. The number of nitrogens with two attached hydrogens (primary N) is 1. The molecule has 2 unspecified atom stereocenters. The average molecular weight is 954 g/mol. The molecule has 25 nitrogen and oxygen atoms in total. The highest BCUT2D eigenvalue weighted by atomic mass is 32.2. The molecule has 3 heterocycles. The average Bonchev–Trinajstić information content (AvgIpc) is 3.49. The summed E-state index contributed by atoms with van der Waals surface area (Å²) in [5.41, 5.74) is 7.17.